The Morgan fingerprint density at radius 2 is 1.83 bits per heavy atom. The molecule has 0 aliphatic carbocycles. The number of aliphatic hydroxyl groups is 1. The SMILES string of the molecule is CCC(CC)(CO)CNCCc1ccccc1C. The molecule has 0 saturated carbocycles. The highest BCUT2D eigenvalue weighted by Crippen LogP contribution is 2.24. The van der Waals surface area contributed by atoms with Crippen LogP contribution in [0.2, 0.25) is 0 Å². The maximum Gasteiger partial charge on any atom is 0.0499 e. The molecule has 0 saturated heterocycles. The number of benzene rings is 1. The lowest BCUT2D eigenvalue weighted by Gasteiger charge is -2.29. The first kappa shape index (κ1) is 15.2. The van der Waals surface area contributed by atoms with Crippen molar-refractivity contribution >= 4 is 0 Å². The van der Waals surface area contributed by atoms with Crippen LogP contribution in [0.4, 0.5) is 0 Å². The van der Waals surface area contributed by atoms with Crippen molar-refractivity contribution in [2.24, 2.45) is 5.41 Å². The van der Waals surface area contributed by atoms with Crippen LogP contribution in [0.25, 0.3) is 0 Å². The van der Waals surface area contributed by atoms with E-state index in [0.29, 0.717) is 0 Å². The highest BCUT2D eigenvalue weighted by atomic mass is 16.3. The Bertz CT molecular complexity index is 336. The van der Waals surface area contributed by atoms with Crippen LogP contribution in [0.3, 0.4) is 0 Å². The monoisotopic (exact) mass is 249 g/mol. The molecule has 0 radical (unpaired) electrons. The molecule has 0 aromatic heterocycles. The normalized spacial score (nSPS) is 11.8. The predicted octanol–water partition coefficient (Wildman–Crippen LogP) is 2.93. The second-order valence-electron chi connectivity index (χ2n) is 5.22. The van der Waals surface area contributed by atoms with Gasteiger partial charge < -0.3 is 10.4 Å². The standard InChI is InChI=1S/C16H27NO/c1-4-16(5-2,13-18)12-17-11-10-15-9-7-6-8-14(15)3/h6-9,17-18H,4-5,10-13H2,1-3H3. The van der Waals surface area contributed by atoms with Crippen molar-refractivity contribution in [1.82, 2.24) is 5.32 Å². The number of rotatable bonds is 8. The summed E-state index contributed by atoms with van der Waals surface area (Å²) in [5.74, 6) is 0. The van der Waals surface area contributed by atoms with Gasteiger partial charge in [-0.05, 0) is 43.9 Å². The lowest BCUT2D eigenvalue weighted by atomic mass is 9.83. The van der Waals surface area contributed by atoms with Gasteiger partial charge in [0.25, 0.3) is 0 Å². The van der Waals surface area contributed by atoms with Gasteiger partial charge in [0.15, 0.2) is 0 Å². The fraction of sp³-hybridized carbons (Fsp3) is 0.625. The third kappa shape index (κ3) is 4.11. The van der Waals surface area contributed by atoms with Gasteiger partial charge >= 0.3 is 0 Å². The van der Waals surface area contributed by atoms with E-state index in [2.05, 4.69) is 50.4 Å². The first-order valence-electron chi connectivity index (χ1n) is 7.03. The average molecular weight is 249 g/mol. The maximum absolute atomic E-state index is 9.50. The summed E-state index contributed by atoms with van der Waals surface area (Å²) in [5, 5.41) is 13.0. The average Bonchev–Trinajstić information content (AvgIpc) is 2.42. The zero-order valence-corrected chi connectivity index (χ0v) is 12.0. The molecule has 1 aromatic rings. The van der Waals surface area contributed by atoms with Crippen molar-refractivity contribution < 1.29 is 5.11 Å². The van der Waals surface area contributed by atoms with Gasteiger partial charge in [-0.25, -0.2) is 0 Å². The molecular weight excluding hydrogens is 222 g/mol. The zero-order chi connectivity index (χ0) is 13.4. The summed E-state index contributed by atoms with van der Waals surface area (Å²) in [7, 11) is 0. The van der Waals surface area contributed by atoms with Gasteiger partial charge in [-0.2, -0.15) is 0 Å². The smallest absolute Gasteiger partial charge is 0.0499 e. The van der Waals surface area contributed by atoms with Crippen molar-refractivity contribution in [1.29, 1.82) is 0 Å². The van der Waals surface area contributed by atoms with Crippen LogP contribution in [0.15, 0.2) is 24.3 Å². The molecule has 0 amide bonds. The first-order valence-corrected chi connectivity index (χ1v) is 7.03. The molecule has 0 spiro atoms. The van der Waals surface area contributed by atoms with Gasteiger partial charge in [-0.15, -0.1) is 0 Å². The molecule has 18 heavy (non-hydrogen) atoms. The zero-order valence-electron chi connectivity index (χ0n) is 12.0. The van der Waals surface area contributed by atoms with Gasteiger partial charge in [-0.1, -0.05) is 38.1 Å². The Labute approximate surface area is 111 Å². The van der Waals surface area contributed by atoms with Crippen molar-refractivity contribution in [3.63, 3.8) is 0 Å². The molecule has 0 atom stereocenters. The van der Waals surface area contributed by atoms with Gasteiger partial charge in [0.1, 0.15) is 0 Å². The van der Waals surface area contributed by atoms with E-state index < -0.39 is 0 Å². The molecule has 0 fully saturated rings. The Balaban J connectivity index is 2.37. The molecule has 1 rings (SSSR count). The van der Waals surface area contributed by atoms with E-state index in [9.17, 15) is 5.11 Å². The highest BCUT2D eigenvalue weighted by Gasteiger charge is 2.24. The molecule has 2 N–H and O–H groups in total. The van der Waals surface area contributed by atoms with E-state index in [1.54, 1.807) is 0 Å². The number of aryl methyl sites for hydroxylation is 1. The third-order valence-corrected chi connectivity index (χ3v) is 4.17. The van der Waals surface area contributed by atoms with Crippen molar-refractivity contribution in [3.8, 4) is 0 Å². The summed E-state index contributed by atoms with van der Waals surface area (Å²) < 4.78 is 0. The van der Waals surface area contributed by atoms with Crippen molar-refractivity contribution in [3.05, 3.63) is 35.4 Å². The molecule has 0 aliphatic rings. The molecule has 1 aromatic carbocycles. The molecule has 0 bridgehead atoms. The molecule has 2 heteroatoms. The van der Waals surface area contributed by atoms with Gasteiger partial charge in [-0.3, -0.25) is 0 Å². The van der Waals surface area contributed by atoms with E-state index in [4.69, 9.17) is 0 Å². The van der Waals surface area contributed by atoms with Gasteiger partial charge in [0, 0.05) is 18.6 Å². The molecule has 0 unspecified atom stereocenters. The summed E-state index contributed by atoms with van der Waals surface area (Å²) in [6.07, 6.45) is 3.11. The quantitative estimate of drug-likeness (QED) is 0.694. The second-order valence-corrected chi connectivity index (χ2v) is 5.22. The fourth-order valence-corrected chi connectivity index (χ4v) is 2.25. The van der Waals surface area contributed by atoms with Crippen molar-refractivity contribution in [2.45, 2.75) is 40.0 Å². The highest BCUT2D eigenvalue weighted by molar-refractivity contribution is 5.25. The Morgan fingerprint density at radius 1 is 1.17 bits per heavy atom. The van der Waals surface area contributed by atoms with E-state index in [1.165, 1.54) is 11.1 Å². The van der Waals surface area contributed by atoms with Gasteiger partial charge in [0.2, 0.25) is 0 Å². The molecule has 102 valence electrons. The Kier molecular flexibility index (Phi) is 6.37. The van der Waals surface area contributed by atoms with Crippen molar-refractivity contribution in [2.75, 3.05) is 19.7 Å². The van der Waals surface area contributed by atoms with E-state index in [0.717, 1.165) is 32.4 Å². The molecule has 0 heterocycles. The minimum atomic E-state index is 0.0612. The lowest BCUT2D eigenvalue weighted by molar-refractivity contribution is 0.113. The summed E-state index contributed by atoms with van der Waals surface area (Å²) in [6.45, 7) is 8.63. The summed E-state index contributed by atoms with van der Waals surface area (Å²) >= 11 is 0. The number of nitrogens with one attached hydrogen (secondary N) is 1. The summed E-state index contributed by atoms with van der Waals surface area (Å²) in [5.41, 5.74) is 2.83. The van der Waals surface area contributed by atoms with Crippen LogP contribution in [0.1, 0.15) is 37.8 Å². The predicted molar refractivity (Wildman–Crippen MR) is 77.9 cm³/mol. The summed E-state index contributed by atoms with van der Waals surface area (Å²) in [4.78, 5) is 0. The Hall–Kier alpha value is -0.860. The second kappa shape index (κ2) is 7.55. The number of hydrogen-bond acceptors (Lipinski definition) is 2. The topological polar surface area (TPSA) is 32.3 Å². The number of hydrogen-bond donors (Lipinski definition) is 2. The van der Waals surface area contributed by atoms with Crippen LogP contribution in [0.5, 0.6) is 0 Å². The Morgan fingerprint density at radius 3 is 2.39 bits per heavy atom. The van der Waals surface area contributed by atoms with Gasteiger partial charge in [0.05, 0.1) is 0 Å². The number of aliphatic hydroxyl groups excluding tert-OH is 1. The molecular formula is C16H27NO. The lowest BCUT2D eigenvalue weighted by Crippen LogP contribution is -2.37. The fourth-order valence-electron chi connectivity index (χ4n) is 2.25. The molecule has 0 aliphatic heterocycles. The largest absolute Gasteiger partial charge is 0.396 e. The van der Waals surface area contributed by atoms with Crippen LogP contribution in [0, 0.1) is 12.3 Å². The van der Waals surface area contributed by atoms with Crippen LogP contribution >= 0.6 is 0 Å². The maximum atomic E-state index is 9.50. The first-order chi connectivity index (χ1) is 8.67. The molecule has 2 nitrogen and oxygen atoms in total. The van der Waals surface area contributed by atoms with Crippen LogP contribution < -0.4 is 5.32 Å². The summed E-state index contributed by atoms with van der Waals surface area (Å²) in [6, 6.07) is 8.52. The minimum absolute atomic E-state index is 0.0612. The minimum Gasteiger partial charge on any atom is -0.396 e. The van der Waals surface area contributed by atoms with Crippen LogP contribution in [-0.4, -0.2) is 24.8 Å². The van der Waals surface area contributed by atoms with E-state index in [-0.39, 0.29) is 12.0 Å². The third-order valence-electron chi connectivity index (χ3n) is 4.17. The van der Waals surface area contributed by atoms with E-state index >= 15 is 0 Å². The van der Waals surface area contributed by atoms with E-state index in [1.807, 2.05) is 0 Å². The van der Waals surface area contributed by atoms with Crippen LogP contribution in [-0.2, 0) is 6.42 Å².